The van der Waals surface area contributed by atoms with Crippen molar-refractivity contribution in [3.63, 3.8) is 0 Å². The number of carbonyl (C=O) groups is 3. The predicted molar refractivity (Wildman–Crippen MR) is 87.6 cm³/mol. The van der Waals surface area contributed by atoms with E-state index in [0.29, 0.717) is 19.3 Å². The summed E-state index contributed by atoms with van der Waals surface area (Å²) in [5.41, 5.74) is 0. The average molecular weight is 340 g/mol. The highest BCUT2D eigenvalue weighted by molar-refractivity contribution is 5.88. The number of hydrogen-bond donors (Lipinski definition) is 3. The first-order chi connectivity index (χ1) is 11.4. The van der Waals surface area contributed by atoms with Gasteiger partial charge < -0.3 is 15.1 Å². The number of rotatable bonds is 7. The van der Waals surface area contributed by atoms with Gasteiger partial charge in [-0.25, -0.2) is 4.79 Å². The minimum Gasteiger partial charge on any atom is -0.480 e. The predicted octanol–water partition coefficient (Wildman–Crippen LogP) is 1.46. The first kappa shape index (κ1) is 18.7. The molecule has 5 atom stereocenters. The molecule has 24 heavy (non-hydrogen) atoms. The van der Waals surface area contributed by atoms with Gasteiger partial charge in [-0.15, -0.1) is 0 Å². The van der Waals surface area contributed by atoms with E-state index in [0.717, 1.165) is 25.7 Å². The van der Waals surface area contributed by atoms with E-state index in [2.05, 4.69) is 5.32 Å². The van der Waals surface area contributed by atoms with Crippen molar-refractivity contribution in [1.29, 1.82) is 0 Å². The van der Waals surface area contributed by atoms with Crippen LogP contribution in [0.3, 0.4) is 0 Å². The molecule has 1 aliphatic heterocycles. The Morgan fingerprint density at radius 1 is 1.21 bits per heavy atom. The van der Waals surface area contributed by atoms with Crippen LogP contribution in [0.15, 0.2) is 0 Å². The molecule has 136 valence electrons. The molecule has 0 aromatic carbocycles. The summed E-state index contributed by atoms with van der Waals surface area (Å²) in [6.45, 7) is 3.51. The van der Waals surface area contributed by atoms with Crippen LogP contribution in [0.4, 0.5) is 0 Å². The van der Waals surface area contributed by atoms with Gasteiger partial charge in [-0.2, -0.15) is 0 Å². The lowest BCUT2D eigenvalue weighted by atomic mass is 9.84. The second-order valence-corrected chi connectivity index (χ2v) is 7.01. The molecule has 2 rings (SSSR count). The van der Waals surface area contributed by atoms with E-state index in [1.165, 1.54) is 4.90 Å². The van der Waals surface area contributed by atoms with E-state index in [-0.39, 0.29) is 17.9 Å². The monoisotopic (exact) mass is 340 g/mol. The van der Waals surface area contributed by atoms with E-state index >= 15 is 0 Å². The number of hydrogen-bond acceptors (Lipinski definition) is 4. The largest absolute Gasteiger partial charge is 0.480 e. The van der Waals surface area contributed by atoms with Crippen LogP contribution in [0.1, 0.15) is 58.8 Å². The summed E-state index contributed by atoms with van der Waals surface area (Å²) >= 11 is 0. The molecule has 0 aromatic rings. The van der Waals surface area contributed by atoms with Gasteiger partial charge in [-0.1, -0.05) is 26.2 Å². The van der Waals surface area contributed by atoms with Gasteiger partial charge in [0.2, 0.25) is 5.91 Å². The van der Waals surface area contributed by atoms with Crippen molar-refractivity contribution in [1.82, 2.24) is 10.2 Å². The Hall–Kier alpha value is -1.63. The minimum atomic E-state index is -0.983. The molecule has 1 amide bonds. The Bertz CT molecular complexity index is 495. The number of nitrogens with zero attached hydrogens (tertiary/aromatic N) is 1. The van der Waals surface area contributed by atoms with Crippen LogP contribution in [0.2, 0.25) is 0 Å². The second-order valence-electron chi connectivity index (χ2n) is 7.01. The van der Waals surface area contributed by atoms with E-state index in [9.17, 15) is 24.6 Å². The van der Waals surface area contributed by atoms with Crippen LogP contribution in [-0.4, -0.2) is 57.1 Å². The molecule has 0 unspecified atom stereocenters. The fourth-order valence-corrected chi connectivity index (χ4v) is 4.16. The summed E-state index contributed by atoms with van der Waals surface area (Å²) in [5, 5.41) is 21.6. The lowest BCUT2D eigenvalue weighted by molar-refractivity contribution is -0.151. The highest BCUT2D eigenvalue weighted by Crippen LogP contribution is 2.40. The van der Waals surface area contributed by atoms with Crippen molar-refractivity contribution in [2.75, 3.05) is 0 Å². The van der Waals surface area contributed by atoms with Crippen molar-refractivity contribution < 1.29 is 24.6 Å². The van der Waals surface area contributed by atoms with Gasteiger partial charge >= 0.3 is 11.9 Å². The molecule has 0 bridgehead atoms. The van der Waals surface area contributed by atoms with Crippen LogP contribution in [-0.2, 0) is 14.4 Å². The number of likely N-dealkylation sites (tertiary alicyclic amines) is 1. The van der Waals surface area contributed by atoms with E-state index in [4.69, 9.17) is 0 Å². The number of aliphatic carboxylic acids is 2. The Morgan fingerprint density at radius 2 is 1.88 bits per heavy atom. The van der Waals surface area contributed by atoms with E-state index in [1.54, 1.807) is 6.92 Å². The molecule has 2 fully saturated rings. The normalized spacial score (nSPS) is 28.9. The van der Waals surface area contributed by atoms with Crippen LogP contribution in [0.5, 0.6) is 0 Å². The minimum absolute atomic E-state index is 0.0222. The molecule has 7 nitrogen and oxygen atoms in total. The van der Waals surface area contributed by atoms with Crippen molar-refractivity contribution in [3.05, 3.63) is 0 Å². The maximum Gasteiger partial charge on any atom is 0.326 e. The quantitative estimate of drug-likeness (QED) is 0.648. The van der Waals surface area contributed by atoms with E-state index < -0.39 is 30.1 Å². The smallest absolute Gasteiger partial charge is 0.326 e. The second kappa shape index (κ2) is 7.96. The number of carboxylic acids is 2. The van der Waals surface area contributed by atoms with Crippen LogP contribution in [0.25, 0.3) is 0 Å². The van der Waals surface area contributed by atoms with Crippen LogP contribution < -0.4 is 5.32 Å². The summed E-state index contributed by atoms with van der Waals surface area (Å²) in [7, 11) is 0. The third-order valence-corrected chi connectivity index (χ3v) is 5.32. The van der Waals surface area contributed by atoms with Gasteiger partial charge in [-0.05, 0) is 38.5 Å². The topological polar surface area (TPSA) is 107 Å². The average Bonchev–Trinajstić information content (AvgIpc) is 2.93. The Morgan fingerprint density at radius 3 is 2.46 bits per heavy atom. The molecule has 1 saturated carbocycles. The van der Waals surface area contributed by atoms with Crippen molar-refractivity contribution in [2.45, 2.75) is 83.0 Å². The maximum atomic E-state index is 12.9. The first-order valence-electron chi connectivity index (χ1n) is 8.90. The van der Waals surface area contributed by atoms with Crippen LogP contribution >= 0.6 is 0 Å². The van der Waals surface area contributed by atoms with Gasteiger partial charge in [0, 0.05) is 6.04 Å². The molecule has 7 heteroatoms. The molecule has 1 aliphatic carbocycles. The zero-order chi connectivity index (χ0) is 17.9. The number of carboxylic acid groups (broad SMARTS) is 2. The van der Waals surface area contributed by atoms with Crippen LogP contribution in [0, 0.1) is 5.92 Å². The third-order valence-electron chi connectivity index (χ3n) is 5.32. The Balaban J connectivity index is 2.12. The summed E-state index contributed by atoms with van der Waals surface area (Å²) < 4.78 is 0. The highest BCUT2D eigenvalue weighted by Gasteiger charge is 2.48. The van der Waals surface area contributed by atoms with Crippen molar-refractivity contribution in [3.8, 4) is 0 Å². The molecule has 0 radical (unpaired) electrons. The third kappa shape index (κ3) is 3.88. The molecular formula is C17H28N2O5. The van der Waals surface area contributed by atoms with E-state index in [1.807, 2.05) is 6.92 Å². The SMILES string of the molecule is CCC[C@H](N[C@@H](C)C(=O)N1[C@@H](C(=O)O)C[C@@H]2CCCC[C@@H]21)C(=O)O. The summed E-state index contributed by atoms with van der Waals surface area (Å²) in [5.74, 6) is -1.99. The van der Waals surface area contributed by atoms with Gasteiger partial charge in [0.05, 0.1) is 6.04 Å². The lowest BCUT2D eigenvalue weighted by Crippen LogP contribution is -2.55. The zero-order valence-electron chi connectivity index (χ0n) is 14.4. The maximum absolute atomic E-state index is 12.9. The lowest BCUT2D eigenvalue weighted by Gasteiger charge is -2.35. The molecular weight excluding hydrogens is 312 g/mol. The Kier molecular flexibility index (Phi) is 6.21. The van der Waals surface area contributed by atoms with Crippen molar-refractivity contribution >= 4 is 17.8 Å². The van der Waals surface area contributed by atoms with Gasteiger partial charge in [0.15, 0.2) is 0 Å². The number of carbonyl (C=O) groups excluding carboxylic acids is 1. The standard InChI is InChI=1S/C17H28N2O5/c1-3-6-12(16(21)22)18-10(2)15(20)19-13-8-5-4-7-11(13)9-14(19)17(23)24/h10-14,18H,3-9H2,1-2H3,(H,21,22)(H,23,24)/t10-,11-,12-,13-,14+/m0/s1. The number of fused-ring (bicyclic) bond motifs is 1. The number of amides is 1. The molecule has 0 aromatic heterocycles. The molecule has 1 saturated heterocycles. The van der Waals surface area contributed by atoms with Gasteiger partial charge in [0.1, 0.15) is 12.1 Å². The van der Waals surface area contributed by atoms with Crippen molar-refractivity contribution in [2.24, 2.45) is 5.92 Å². The molecule has 1 heterocycles. The van der Waals surface area contributed by atoms with Gasteiger partial charge in [-0.3, -0.25) is 14.9 Å². The summed E-state index contributed by atoms with van der Waals surface area (Å²) in [4.78, 5) is 37.3. The fourth-order valence-electron chi connectivity index (χ4n) is 4.16. The molecule has 0 spiro atoms. The van der Waals surface area contributed by atoms with Gasteiger partial charge in [0.25, 0.3) is 0 Å². The fraction of sp³-hybridized carbons (Fsp3) is 0.824. The number of nitrogens with one attached hydrogen (secondary N) is 1. The Labute approximate surface area is 142 Å². The highest BCUT2D eigenvalue weighted by atomic mass is 16.4. The molecule has 3 N–H and O–H groups in total. The molecule has 2 aliphatic rings. The summed E-state index contributed by atoms with van der Waals surface area (Å²) in [6, 6.07) is -2.31. The zero-order valence-corrected chi connectivity index (χ0v) is 14.4. The summed E-state index contributed by atoms with van der Waals surface area (Å²) in [6.07, 6.45) is 5.53. The first-order valence-corrected chi connectivity index (χ1v) is 8.90.